The maximum atomic E-state index is 13.3. The van der Waals surface area contributed by atoms with Crippen LogP contribution in [0.3, 0.4) is 0 Å². The highest BCUT2D eigenvalue weighted by Gasteiger charge is 2.19. The molecule has 0 unspecified atom stereocenters. The van der Waals surface area contributed by atoms with Gasteiger partial charge in [-0.25, -0.2) is 0 Å². The van der Waals surface area contributed by atoms with E-state index in [2.05, 4.69) is 10.6 Å². The standard InChI is InChI=1S/C26H24N4O3/c1-27-25(31)20-11-6-12-21(14-20)28-26(32)23-17-30(16-18-8-4-3-5-9-18)29-24(23)19-10-7-13-22(15-19)33-2/h3-15,17H,16H2,1-2H3,(H,27,31)(H,28,32). The van der Waals surface area contributed by atoms with Crippen molar-refractivity contribution in [3.63, 3.8) is 0 Å². The van der Waals surface area contributed by atoms with Crippen molar-refractivity contribution in [2.24, 2.45) is 0 Å². The van der Waals surface area contributed by atoms with Gasteiger partial charge in [-0.15, -0.1) is 0 Å². The second-order valence-corrected chi connectivity index (χ2v) is 7.42. The van der Waals surface area contributed by atoms with E-state index in [0.717, 1.165) is 11.1 Å². The molecule has 7 heteroatoms. The zero-order valence-electron chi connectivity index (χ0n) is 18.4. The number of anilines is 1. The van der Waals surface area contributed by atoms with Crippen LogP contribution in [-0.4, -0.2) is 35.8 Å². The minimum Gasteiger partial charge on any atom is -0.497 e. The second kappa shape index (κ2) is 9.82. The highest BCUT2D eigenvalue weighted by atomic mass is 16.5. The first-order chi connectivity index (χ1) is 16.1. The Kier molecular flexibility index (Phi) is 6.50. The number of nitrogens with one attached hydrogen (secondary N) is 2. The molecule has 1 aromatic heterocycles. The van der Waals surface area contributed by atoms with Crippen LogP contribution in [0.25, 0.3) is 11.3 Å². The molecular weight excluding hydrogens is 416 g/mol. The van der Waals surface area contributed by atoms with Crippen molar-refractivity contribution in [1.82, 2.24) is 15.1 Å². The van der Waals surface area contributed by atoms with Crippen LogP contribution in [-0.2, 0) is 6.54 Å². The minimum atomic E-state index is -0.318. The average Bonchev–Trinajstić information content (AvgIpc) is 3.28. The molecule has 0 aliphatic heterocycles. The molecule has 0 bridgehead atoms. The number of amides is 2. The smallest absolute Gasteiger partial charge is 0.259 e. The van der Waals surface area contributed by atoms with Crippen LogP contribution < -0.4 is 15.4 Å². The van der Waals surface area contributed by atoms with Crippen molar-refractivity contribution in [2.45, 2.75) is 6.54 Å². The highest BCUT2D eigenvalue weighted by Crippen LogP contribution is 2.27. The topological polar surface area (TPSA) is 85.3 Å². The van der Waals surface area contributed by atoms with Gasteiger partial charge in [-0.3, -0.25) is 14.3 Å². The van der Waals surface area contributed by atoms with Gasteiger partial charge in [0.1, 0.15) is 11.4 Å². The Balaban J connectivity index is 1.69. The van der Waals surface area contributed by atoms with Crippen molar-refractivity contribution >= 4 is 17.5 Å². The number of aromatic nitrogens is 2. The van der Waals surface area contributed by atoms with Crippen LogP contribution in [0.5, 0.6) is 5.75 Å². The lowest BCUT2D eigenvalue weighted by molar-refractivity contribution is 0.0961. The maximum Gasteiger partial charge on any atom is 0.259 e. The van der Waals surface area contributed by atoms with Crippen LogP contribution in [0, 0.1) is 0 Å². The average molecular weight is 441 g/mol. The lowest BCUT2D eigenvalue weighted by Gasteiger charge is -2.08. The number of rotatable bonds is 7. The van der Waals surface area contributed by atoms with Gasteiger partial charge >= 0.3 is 0 Å². The molecule has 0 radical (unpaired) electrons. The Labute approximate surface area is 192 Å². The summed E-state index contributed by atoms with van der Waals surface area (Å²) in [4.78, 5) is 25.2. The molecule has 0 saturated carbocycles. The van der Waals surface area contributed by atoms with Crippen LogP contribution in [0.15, 0.2) is 85.1 Å². The molecule has 0 atom stereocenters. The fourth-order valence-corrected chi connectivity index (χ4v) is 3.50. The molecule has 7 nitrogen and oxygen atoms in total. The predicted molar refractivity (Wildman–Crippen MR) is 128 cm³/mol. The highest BCUT2D eigenvalue weighted by molar-refractivity contribution is 6.08. The van der Waals surface area contributed by atoms with Gasteiger partial charge in [0.2, 0.25) is 0 Å². The maximum absolute atomic E-state index is 13.3. The van der Waals surface area contributed by atoms with E-state index in [-0.39, 0.29) is 11.8 Å². The number of carbonyl (C=O) groups is 2. The van der Waals surface area contributed by atoms with E-state index in [1.54, 1.807) is 49.3 Å². The Morgan fingerprint density at radius 3 is 2.48 bits per heavy atom. The number of hydrogen-bond acceptors (Lipinski definition) is 4. The summed E-state index contributed by atoms with van der Waals surface area (Å²) >= 11 is 0. The van der Waals surface area contributed by atoms with E-state index in [1.807, 2.05) is 54.6 Å². The third kappa shape index (κ3) is 5.10. The van der Waals surface area contributed by atoms with Gasteiger partial charge in [-0.2, -0.15) is 5.10 Å². The first-order valence-corrected chi connectivity index (χ1v) is 10.5. The van der Waals surface area contributed by atoms with E-state index in [0.29, 0.717) is 34.8 Å². The Morgan fingerprint density at radius 2 is 1.73 bits per heavy atom. The molecule has 0 saturated heterocycles. The molecule has 0 aliphatic rings. The van der Waals surface area contributed by atoms with Crippen molar-refractivity contribution in [2.75, 3.05) is 19.5 Å². The van der Waals surface area contributed by atoms with Crippen LogP contribution in [0.1, 0.15) is 26.3 Å². The molecule has 2 amide bonds. The molecule has 4 aromatic rings. The molecule has 0 aliphatic carbocycles. The summed E-state index contributed by atoms with van der Waals surface area (Å²) in [6, 6.07) is 24.1. The lowest BCUT2D eigenvalue weighted by Crippen LogP contribution is -2.18. The van der Waals surface area contributed by atoms with Crippen molar-refractivity contribution in [3.05, 3.63) is 102 Å². The third-order valence-corrected chi connectivity index (χ3v) is 5.15. The van der Waals surface area contributed by atoms with Gasteiger partial charge in [0, 0.05) is 30.1 Å². The number of carbonyl (C=O) groups excluding carboxylic acids is 2. The fourth-order valence-electron chi connectivity index (χ4n) is 3.50. The summed E-state index contributed by atoms with van der Waals surface area (Å²) in [5.41, 5.74) is 3.79. The largest absolute Gasteiger partial charge is 0.497 e. The normalized spacial score (nSPS) is 10.5. The number of methoxy groups -OCH3 is 1. The zero-order chi connectivity index (χ0) is 23.2. The van der Waals surface area contributed by atoms with Crippen molar-refractivity contribution in [1.29, 1.82) is 0 Å². The number of nitrogens with zero attached hydrogens (tertiary/aromatic N) is 2. The zero-order valence-corrected chi connectivity index (χ0v) is 18.4. The quantitative estimate of drug-likeness (QED) is 0.451. The van der Waals surface area contributed by atoms with Crippen LogP contribution in [0.2, 0.25) is 0 Å². The summed E-state index contributed by atoms with van der Waals surface area (Å²) in [5, 5.41) is 10.2. The molecule has 166 valence electrons. The van der Waals surface area contributed by atoms with E-state index < -0.39 is 0 Å². The molecule has 3 aromatic carbocycles. The van der Waals surface area contributed by atoms with E-state index >= 15 is 0 Å². The summed E-state index contributed by atoms with van der Waals surface area (Å²) < 4.78 is 7.10. The Morgan fingerprint density at radius 1 is 0.939 bits per heavy atom. The van der Waals surface area contributed by atoms with E-state index in [9.17, 15) is 9.59 Å². The van der Waals surface area contributed by atoms with Gasteiger partial charge in [0.05, 0.1) is 19.2 Å². The molecule has 2 N–H and O–H groups in total. The van der Waals surface area contributed by atoms with E-state index in [4.69, 9.17) is 9.84 Å². The molecular formula is C26H24N4O3. The Hall–Kier alpha value is -4.39. The monoisotopic (exact) mass is 440 g/mol. The SMILES string of the molecule is CNC(=O)c1cccc(NC(=O)c2cn(Cc3ccccc3)nc2-c2cccc(OC)c2)c1. The van der Waals surface area contributed by atoms with Crippen molar-refractivity contribution in [3.8, 4) is 17.0 Å². The molecule has 1 heterocycles. The molecule has 0 fully saturated rings. The van der Waals surface area contributed by atoms with Crippen LogP contribution >= 0.6 is 0 Å². The number of ether oxygens (including phenoxy) is 1. The fraction of sp³-hybridized carbons (Fsp3) is 0.115. The minimum absolute atomic E-state index is 0.223. The lowest BCUT2D eigenvalue weighted by atomic mass is 10.1. The first kappa shape index (κ1) is 21.8. The Bertz CT molecular complexity index is 1280. The van der Waals surface area contributed by atoms with Crippen molar-refractivity contribution < 1.29 is 14.3 Å². The molecule has 0 spiro atoms. The summed E-state index contributed by atoms with van der Waals surface area (Å²) in [6.07, 6.45) is 1.74. The summed E-state index contributed by atoms with van der Waals surface area (Å²) in [6.45, 7) is 0.525. The first-order valence-electron chi connectivity index (χ1n) is 10.5. The summed E-state index contributed by atoms with van der Waals surface area (Å²) in [7, 11) is 3.16. The summed E-state index contributed by atoms with van der Waals surface area (Å²) in [5.74, 6) is 0.134. The molecule has 33 heavy (non-hydrogen) atoms. The molecule has 4 rings (SSSR count). The van der Waals surface area contributed by atoms with Gasteiger partial charge in [-0.05, 0) is 35.9 Å². The van der Waals surface area contributed by atoms with Gasteiger partial charge in [-0.1, -0.05) is 48.5 Å². The van der Waals surface area contributed by atoms with Crippen LogP contribution in [0.4, 0.5) is 5.69 Å². The second-order valence-electron chi connectivity index (χ2n) is 7.42. The van der Waals surface area contributed by atoms with E-state index in [1.165, 1.54) is 0 Å². The van der Waals surface area contributed by atoms with Gasteiger partial charge in [0.25, 0.3) is 11.8 Å². The number of benzene rings is 3. The van der Waals surface area contributed by atoms with Gasteiger partial charge in [0.15, 0.2) is 0 Å². The van der Waals surface area contributed by atoms with Gasteiger partial charge < -0.3 is 15.4 Å². The predicted octanol–water partition coefficient (Wildman–Crippen LogP) is 4.22. The number of hydrogen-bond donors (Lipinski definition) is 2. The third-order valence-electron chi connectivity index (χ3n) is 5.15.